The van der Waals surface area contributed by atoms with Gasteiger partial charge >= 0.3 is 0 Å². The van der Waals surface area contributed by atoms with Crippen LogP contribution >= 0.6 is 0 Å². The smallest absolute Gasteiger partial charge is 0.126 e. The lowest BCUT2D eigenvalue weighted by Crippen LogP contribution is -2.24. The third-order valence-electron chi connectivity index (χ3n) is 3.46. The quantitative estimate of drug-likeness (QED) is 0.895. The van der Waals surface area contributed by atoms with E-state index in [1.165, 1.54) is 17.7 Å². The molecule has 0 aliphatic heterocycles. The van der Waals surface area contributed by atoms with Crippen LogP contribution in [-0.2, 0) is 18.4 Å². The topological polar surface area (TPSA) is 20.2 Å². The molecule has 2 aromatic rings. The van der Waals surface area contributed by atoms with Crippen LogP contribution in [0.15, 0.2) is 42.5 Å². The van der Waals surface area contributed by atoms with Crippen LogP contribution < -0.4 is 0 Å². The summed E-state index contributed by atoms with van der Waals surface area (Å²) in [5, 5.41) is 10.5. The molecule has 0 amide bonds. The number of halogens is 2. The van der Waals surface area contributed by atoms with E-state index < -0.39 is 17.2 Å². The summed E-state index contributed by atoms with van der Waals surface area (Å²) in [6, 6.07) is 11.0. The van der Waals surface area contributed by atoms with Gasteiger partial charge in [-0.05, 0) is 42.2 Å². The summed E-state index contributed by atoms with van der Waals surface area (Å²) in [7, 11) is 0. The zero-order valence-electron chi connectivity index (χ0n) is 11.7. The first-order chi connectivity index (χ1) is 9.40. The zero-order valence-corrected chi connectivity index (χ0v) is 11.7. The summed E-state index contributed by atoms with van der Waals surface area (Å²) in [5.41, 5.74) is 1.08. The van der Waals surface area contributed by atoms with E-state index in [0.29, 0.717) is 6.42 Å². The van der Waals surface area contributed by atoms with Crippen molar-refractivity contribution in [1.29, 1.82) is 0 Å². The molecule has 1 atom stereocenters. The average molecular weight is 276 g/mol. The summed E-state index contributed by atoms with van der Waals surface area (Å²) in [6.07, 6.45) is 1.26. The largest absolute Gasteiger partial charge is 0.385 e. The van der Waals surface area contributed by atoms with E-state index in [1.54, 1.807) is 6.92 Å². The Morgan fingerprint density at radius 3 is 1.95 bits per heavy atom. The molecule has 2 rings (SSSR count). The van der Waals surface area contributed by atoms with Crippen molar-refractivity contribution >= 4 is 0 Å². The molecule has 1 nitrogen and oxygen atoms in total. The van der Waals surface area contributed by atoms with Gasteiger partial charge in [0.2, 0.25) is 0 Å². The predicted octanol–water partition coefficient (Wildman–Crippen LogP) is 3.98. The van der Waals surface area contributed by atoms with Gasteiger partial charge < -0.3 is 5.11 Å². The maximum absolute atomic E-state index is 13.2. The normalized spacial score (nSPS) is 14.1. The SMILES string of the molecule is CCc1ccc(CC(C)(O)c2cc(F)cc(F)c2)cc1. The van der Waals surface area contributed by atoms with E-state index in [4.69, 9.17) is 0 Å². The molecule has 1 N–H and O–H groups in total. The molecule has 106 valence electrons. The van der Waals surface area contributed by atoms with Gasteiger partial charge in [-0.25, -0.2) is 8.78 Å². The van der Waals surface area contributed by atoms with Crippen molar-refractivity contribution in [3.05, 3.63) is 70.8 Å². The van der Waals surface area contributed by atoms with E-state index in [2.05, 4.69) is 6.92 Å². The van der Waals surface area contributed by atoms with Crippen LogP contribution in [0.2, 0.25) is 0 Å². The Bertz CT molecular complexity index is 568. The highest BCUT2D eigenvalue weighted by Gasteiger charge is 2.24. The molecule has 0 aliphatic rings. The lowest BCUT2D eigenvalue weighted by molar-refractivity contribution is 0.0569. The molecule has 0 heterocycles. The highest BCUT2D eigenvalue weighted by Crippen LogP contribution is 2.27. The average Bonchev–Trinajstić information content (AvgIpc) is 2.38. The molecule has 0 spiro atoms. The summed E-state index contributed by atoms with van der Waals surface area (Å²) < 4.78 is 26.5. The summed E-state index contributed by atoms with van der Waals surface area (Å²) in [6.45, 7) is 3.63. The molecule has 0 saturated heterocycles. The van der Waals surface area contributed by atoms with Crippen LogP contribution in [0, 0.1) is 11.6 Å². The highest BCUT2D eigenvalue weighted by molar-refractivity contribution is 5.29. The maximum Gasteiger partial charge on any atom is 0.126 e. The van der Waals surface area contributed by atoms with Gasteiger partial charge in [-0.3, -0.25) is 0 Å². The molecule has 0 aliphatic carbocycles. The molecule has 0 bridgehead atoms. The van der Waals surface area contributed by atoms with Crippen LogP contribution in [0.1, 0.15) is 30.5 Å². The lowest BCUT2D eigenvalue weighted by Gasteiger charge is -2.24. The number of aliphatic hydroxyl groups is 1. The number of aryl methyl sites for hydroxylation is 1. The Morgan fingerprint density at radius 2 is 1.45 bits per heavy atom. The highest BCUT2D eigenvalue weighted by atomic mass is 19.1. The van der Waals surface area contributed by atoms with E-state index in [9.17, 15) is 13.9 Å². The minimum Gasteiger partial charge on any atom is -0.385 e. The van der Waals surface area contributed by atoms with Gasteiger partial charge in [0.05, 0.1) is 5.60 Å². The third kappa shape index (κ3) is 3.42. The van der Waals surface area contributed by atoms with Gasteiger partial charge in [0, 0.05) is 12.5 Å². The summed E-state index contributed by atoms with van der Waals surface area (Å²) in [4.78, 5) is 0. The molecule has 0 aromatic heterocycles. The van der Waals surface area contributed by atoms with Gasteiger partial charge in [-0.2, -0.15) is 0 Å². The van der Waals surface area contributed by atoms with E-state index >= 15 is 0 Å². The van der Waals surface area contributed by atoms with Crippen molar-refractivity contribution in [2.24, 2.45) is 0 Å². The monoisotopic (exact) mass is 276 g/mol. The molecule has 2 aromatic carbocycles. The number of hydrogen-bond acceptors (Lipinski definition) is 1. The summed E-state index contributed by atoms with van der Waals surface area (Å²) in [5.74, 6) is -1.36. The van der Waals surface area contributed by atoms with Crippen molar-refractivity contribution in [2.75, 3.05) is 0 Å². The maximum atomic E-state index is 13.2. The minimum absolute atomic E-state index is 0.245. The van der Waals surface area contributed by atoms with E-state index in [1.807, 2.05) is 24.3 Å². The van der Waals surface area contributed by atoms with Gasteiger partial charge in [0.15, 0.2) is 0 Å². The molecule has 1 unspecified atom stereocenters. The molecule has 0 radical (unpaired) electrons. The third-order valence-corrected chi connectivity index (χ3v) is 3.46. The van der Waals surface area contributed by atoms with Crippen molar-refractivity contribution < 1.29 is 13.9 Å². The Kier molecular flexibility index (Phi) is 4.19. The van der Waals surface area contributed by atoms with Crippen molar-refractivity contribution in [3.8, 4) is 0 Å². The molecule has 20 heavy (non-hydrogen) atoms. The van der Waals surface area contributed by atoms with Gasteiger partial charge in [-0.15, -0.1) is 0 Å². The van der Waals surface area contributed by atoms with Crippen molar-refractivity contribution in [2.45, 2.75) is 32.3 Å². The second-order valence-electron chi connectivity index (χ2n) is 5.28. The minimum atomic E-state index is -1.31. The van der Waals surface area contributed by atoms with Crippen LogP contribution in [0.25, 0.3) is 0 Å². The number of hydrogen-bond donors (Lipinski definition) is 1. The lowest BCUT2D eigenvalue weighted by atomic mass is 9.88. The van der Waals surface area contributed by atoms with Gasteiger partial charge in [0.25, 0.3) is 0 Å². The van der Waals surface area contributed by atoms with E-state index in [-0.39, 0.29) is 5.56 Å². The fourth-order valence-corrected chi connectivity index (χ4v) is 2.26. The fourth-order valence-electron chi connectivity index (χ4n) is 2.26. The van der Waals surface area contributed by atoms with Crippen LogP contribution in [0.3, 0.4) is 0 Å². The van der Waals surface area contributed by atoms with Gasteiger partial charge in [-0.1, -0.05) is 31.2 Å². The fraction of sp³-hybridized carbons (Fsp3) is 0.294. The second-order valence-corrected chi connectivity index (χ2v) is 5.28. The second kappa shape index (κ2) is 5.71. The zero-order chi connectivity index (χ0) is 14.8. The Morgan fingerprint density at radius 1 is 0.950 bits per heavy atom. The van der Waals surface area contributed by atoms with Crippen LogP contribution in [0.4, 0.5) is 8.78 Å². The molecule has 3 heteroatoms. The van der Waals surface area contributed by atoms with Crippen LogP contribution in [0.5, 0.6) is 0 Å². The first-order valence-corrected chi connectivity index (χ1v) is 6.67. The molecule has 0 saturated carbocycles. The molecule has 0 fully saturated rings. The first kappa shape index (κ1) is 14.7. The Balaban J connectivity index is 2.24. The number of rotatable bonds is 4. The first-order valence-electron chi connectivity index (χ1n) is 6.67. The molecular formula is C17H18F2O. The Labute approximate surface area is 117 Å². The summed E-state index contributed by atoms with van der Waals surface area (Å²) >= 11 is 0. The van der Waals surface area contributed by atoms with E-state index in [0.717, 1.165) is 18.1 Å². The predicted molar refractivity (Wildman–Crippen MR) is 75.5 cm³/mol. The molecular weight excluding hydrogens is 258 g/mol. The standard InChI is InChI=1S/C17H18F2O/c1-3-12-4-6-13(7-5-12)11-17(2,20)14-8-15(18)10-16(19)9-14/h4-10,20H,3,11H2,1-2H3. The van der Waals surface area contributed by atoms with Gasteiger partial charge in [0.1, 0.15) is 11.6 Å². The van der Waals surface area contributed by atoms with Crippen molar-refractivity contribution in [1.82, 2.24) is 0 Å². The van der Waals surface area contributed by atoms with Crippen LogP contribution in [-0.4, -0.2) is 5.11 Å². The number of benzene rings is 2. The Hall–Kier alpha value is -1.74. The van der Waals surface area contributed by atoms with Crippen molar-refractivity contribution in [3.63, 3.8) is 0 Å².